The van der Waals surface area contributed by atoms with Crippen molar-refractivity contribution < 1.29 is 57.1 Å². The number of aromatic nitrogens is 2. The van der Waals surface area contributed by atoms with Gasteiger partial charge in [0.05, 0.1) is 6.61 Å². The molecule has 18 heteroatoms. The predicted octanol–water partition coefficient (Wildman–Crippen LogP) is 2.42. The van der Waals surface area contributed by atoms with E-state index in [9.17, 15) is 27.9 Å². The van der Waals surface area contributed by atoms with Crippen LogP contribution in [0, 0.1) is 0 Å². The van der Waals surface area contributed by atoms with Gasteiger partial charge in [0.2, 0.25) is 5.62 Å². The molecule has 1 amide bonds. The lowest BCUT2D eigenvalue weighted by Gasteiger charge is -2.25. The third-order valence-corrected chi connectivity index (χ3v) is 7.04. The van der Waals surface area contributed by atoms with Crippen LogP contribution < -0.4 is 16.7 Å². The zero-order valence-electron chi connectivity index (χ0n) is 24.1. The number of carboxylic acid groups (broad SMARTS) is 2. The van der Waals surface area contributed by atoms with Crippen LogP contribution in [-0.2, 0) is 23.8 Å². The van der Waals surface area contributed by atoms with E-state index in [1.54, 1.807) is 54.9 Å². The van der Waals surface area contributed by atoms with Crippen molar-refractivity contribution in [2.45, 2.75) is 75.7 Å². The highest BCUT2D eigenvalue weighted by atomic mass is 79.9. The van der Waals surface area contributed by atoms with Crippen molar-refractivity contribution in [3.8, 4) is 0 Å². The van der Waals surface area contributed by atoms with Crippen molar-refractivity contribution in [1.29, 1.82) is 0 Å². The molecule has 0 spiro atoms. The van der Waals surface area contributed by atoms with Gasteiger partial charge in [-0.1, -0.05) is 15.9 Å². The number of hydrogen-bond donors (Lipinski definition) is 5. The quantitative estimate of drug-likeness (QED) is 0.227. The van der Waals surface area contributed by atoms with E-state index in [-0.39, 0.29) is 24.0 Å². The Morgan fingerprint density at radius 3 is 2.33 bits per heavy atom. The van der Waals surface area contributed by atoms with Crippen LogP contribution in [0.5, 0.6) is 0 Å². The van der Waals surface area contributed by atoms with Gasteiger partial charge in [0.15, 0.2) is 12.0 Å². The Morgan fingerprint density at radius 2 is 1.76 bits per heavy atom. The monoisotopic (exact) mass is 707 g/mol. The summed E-state index contributed by atoms with van der Waals surface area (Å²) in [6.07, 6.45) is -4.17. The maximum Gasteiger partial charge on any atom is 0.490 e. The molecular weight excluding hydrogens is 675 g/mol. The number of alkyl halides is 3. The Labute approximate surface area is 263 Å². The first-order valence-corrected chi connectivity index (χ1v) is 14.4. The van der Waals surface area contributed by atoms with Crippen LogP contribution in [-0.4, -0.2) is 92.2 Å². The van der Waals surface area contributed by atoms with Crippen molar-refractivity contribution in [3.63, 3.8) is 0 Å². The molecule has 6 N–H and O–H groups in total. The maximum absolute atomic E-state index is 12.7. The molecule has 0 saturated carbocycles. The lowest BCUT2D eigenvalue weighted by Crippen LogP contribution is -2.36. The molecule has 3 heterocycles. The summed E-state index contributed by atoms with van der Waals surface area (Å²) in [5.41, 5.74) is 6.32. The number of rotatable bonds is 10. The zero-order chi connectivity index (χ0) is 33.5. The molecule has 2 aromatic rings. The smallest absolute Gasteiger partial charge is 0.480 e. The number of aliphatic hydroxyl groups excluding tert-OH is 1. The largest absolute Gasteiger partial charge is 0.490 e. The van der Waals surface area contributed by atoms with Crippen molar-refractivity contribution >= 4 is 39.6 Å². The van der Waals surface area contributed by atoms with E-state index in [2.05, 4.69) is 31.2 Å². The van der Waals surface area contributed by atoms with Crippen LogP contribution in [0.3, 0.4) is 0 Å². The van der Waals surface area contributed by atoms with Crippen LogP contribution in [0.2, 0.25) is 0 Å². The van der Waals surface area contributed by atoms with Gasteiger partial charge in [-0.15, -0.1) is 0 Å². The zero-order valence-corrected chi connectivity index (χ0v) is 25.7. The summed E-state index contributed by atoms with van der Waals surface area (Å²) < 4.78 is 52.4. The molecule has 2 saturated heterocycles. The summed E-state index contributed by atoms with van der Waals surface area (Å²) in [6, 6.07) is 7.64. The maximum atomic E-state index is 12.7. The molecule has 1 aromatic carbocycles. The molecule has 0 aliphatic carbocycles. The number of aliphatic carboxylic acids is 2. The molecule has 45 heavy (non-hydrogen) atoms. The predicted molar refractivity (Wildman–Crippen MR) is 153 cm³/mol. The van der Waals surface area contributed by atoms with Gasteiger partial charge >= 0.3 is 18.1 Å². The minimum Gasteiger partial charge on any atom is -0.480 e. The highest BCUT2D eigenvalue weighted by molar-refractivity contribution is 9.10. The summed E-state index contributed by atoms with van der Waals surface area (Å²) in [4.78, 5) is 41.8. The average Bonchev–Trinajstić information content (AvgIpc) is 3.45. The number of unbranched alkanes of at least 4 members (excludes halogenated alkanes) is 1. The fourth-order valence-corrected chi connectivity index (χ4v) is 4.67. The van der Waals surface area contributed by atoms with Gasteiger partial charge in [0.25, 0.3) is 5.91 Å². The third kappa shape index (κ3) is 10.0. The first-order chi connectivity index (χ1) is 21.0. The average molecular weight is 708 g/mol. The molecule has 1 aromatic heterocycles. The molecule has 0 bridgehead atoms. The Morgan fingerprint density at radius 1 is 1.13 bits per heavy atom. The second-order valence-electron chi connectivity index (χ2n) is 10.4. The standard InChI is InChI=1S/C25H32BrN5O7.C2HF3O2/c1-25(2)37-19-17(13-32)36-22(20(19)38-25)31-12-10-18(29-21(33)14-6-8-15(26)9-7-14)30-24(31)28-11-4-3-5-16(27)23(34)35;3-2(4,5)1(6)7/h6-10,12,16-17,19-20,22,32H,3-5,11,13,27H2,1-2H3,(H,34,35)(H,28,29,30,33);(H,6,7)/t16-,17+,19+,20+,22+;/m0./s1. The number of nitrogens with zero attached hydrogens (tertiary/aromatic N) is 3. The number of halogens is 4. The number of carbonyl (C=O) groups is 3. The van der Waals surface area contributed by atoms with Crippen molar-refractivity contribution in [2.24, 2.45) is 10.7 Å². The molecule has 14 nitrogen and oxygen atoms in total. The summed E-state index contributed by atoms with van der Waals surface area (Å²) >= 11 is 3.35. The Balaban J connectivity index is 0.000000707. The van der Waals surface area contributed by atoms with Gasteiger partial charge in [-0.25, -0.2) is 4.79 Å². The number of hydrogen-bond acceptors (Lipinski definition) is 10. The van der Waals surface area contributed by atoms with E-state index < -0.39 is 54.5 Å². The molecule has 4 rings (SSSR count). The lowest BCUT2D eigenvalue weighted by atomic mass is 10.1. The van der Waals surface area contributed by atoms with Gasteiger partial charge in [-0.05, 0) is 63.4 Å². The number of carbonyl (C=O) groups excluding carboxylic acids is 1. The second-order valence-corrected chi connectivity index (χ2v) is 11.3. The molecule has 0 unspecified atom stereocenters. The van der Waals surface area contributed by atoms with Gasteiger partial charge in [-0.3, -0.25) is 19.1 Å². The van der Waals surface area contributed by atoms with E-state index in [0.29, 0.717) is 31.4 Å². The van der Waals surface area contributed by atoms with Crippen molar-refractivity contribution in [2.75, 3.05) is 18.5 Å². The number of benzene rings is 1. The Bertz CT molecular complexity index is 1420. The first-order valence-electron chi connectivity index (χ1n) is 13.6. The highest BCUT2D eigenvalue weighted by Gasteiger charge is 2.55. The van der Waals surface area contributed by atoms with Crippen LogP contribution in [0.1, 0.15) is 49.7 Å². The number of fused-ring (bicyclic) bond motifs is 1. The first kappa shape index (κ1) is 36.1. The Hall–Kier alpha value is -3.42. The van der Waals surface area contributed by atoms with Crippen LogP contribution in [0.15, 0.2) is 46.0 Å². The van der Waals surface area contributed by atoms with E-state index >= 15 is 0 Å². The third-order valence-electron chi connectivity index (χ3n) is 6.51. The fourth-order valence-electron chi connectivity index (χ4n) is 4.40. The minimum absolute atomic E-state index is 0.247. The number of nitrogens with two attached hydrogens (primary N) is 1. The molecule has 5 atom stereocenters. The number of ether oxygens (including phenoxy) is 3. The number of anilines is 1. The molecule has 0 radical (unpaired) electrons. The highest BCUT2D eigenvalue weighted by Crippen LogP contribution is 2.42. The molecular formula is C27H33BrF3N5O9. The summed E-state index contributed by atoms with van der Waals surface area (Å²) in [5.74, 6) is -4.69. The van der Waals surface area contributed by atoms with Gasteiger partial charge in [0.1, 0.15) is 30.2 Å². The number of carboxylic acids is 2. The number of nitrogens with one attached hydrogen (secondary N) is 1. The summed E-state index contributed by atoms with van der Waals surface area (Å²) in [6.45, 7) is 3.69. The Kier molecular flexibility index (Phi) is 12.2. The van der Waals surface area contributed by atoms with Crippen LogP contribution >= 0.6 is 15.9 Å². The van der Waals surface area contributed by atoms with Gasteiger partial charge in [-0.2, -0.15) is 18.2 Å². The van der Waals surface area contributed by atoms with Gasteiger partial charge < -0.3 is 40.6 Å². The SMILES string of the molecule is CC1(C)O[C@@H]2[C@H](O1)[C@@H](CO)O[C@H]2n1ccc(NC(=O)c2ccc(Br)cc2)nc1=NCCCC[C@H](N)C(=O)O.O=C(O)C(F)(F)F. The molecule has 2 aliphatic rings. The minimum atomic E-state index is -5.08. The lowest BCUT2D eigenvalue weighted by molar-refractivity contribution is -0.200. The van der Waals surface area contributed by atoms with Crippen LogP contribution in [0.25, 0.3) is 0 Å². The van der Waals surface area contributed by atoms with E-state index in [0.717, 1.165) is 4.47 Å². The fraction of sp³-hybridized carbons (Fsp3) is 0.519. The van der Waals surface area contributed by atoms with Gasteiger partial charge in [0, 0.05) is 22.8 Å². The topological polar surface area (TPSA) is 208 Å². The van der Waals surface area contributed by atoms with Crippen molar-refractivity contribution in [3.05, 3.63) is 52.2 Å². The second kappa shape index (κ2) is 15.2. The van der Waals surface area contributed by atoms with Crippen LogP contribution in [0.4, 0.5) is 19.0 Å². The summed E-state index contributed by atoms with van der Waals surface area (Å²) in [7, 11) is 0. The normalized spacial score (nSPS) is 23.1. The molecule has 248 valence electrons. The number of aliphatic hydroxyl groups is 1. The van der Waals surface area contributed by atoms with E-state index in [1.807, 2.05) is 0 Å². The van der Waals surface area contributed by atoms with E-state index in [1.165, 1.54) is 0 Å². The molecule has 2 fully saturated rings. The summed E-state index contributed by atoms with van der Waals surface area (Å²) in [5, 5.41) is 28.7. The van der Waals surface area contributed by atoms with Crippen molar-refractivity contribution in [1.82, 2.24) is 9.55 Å². The molecule has 2 aliphatic heterocycles. The van der Waals surface area contributed by atoms with E-state index in [4.69, 9.17) is 35.0 Å². The number of amides is 1.